The Kier molecular flexibility index (Phi) is 7.71. The van der Waals surface area contributed by atoms with Crippen molar-refractivity contribution in [1.82, 2.24) is 0 Å². The van der Waals surface area contributed by atoms with E-state index in [1.54, 1.807) is 24.3 Å². The highest BCUT2D eigenvalue weighted by molar-refractivity contribution is 6.02. The molecule has 0 atom stereocenters. The minimum atomic E-state index is -0.377. The number of carbonyl (C=O) groups excluding carboxylic acids is 2. The Morgan fingerprint density at radius 1 is 0.585 bits per heavy atom. The SMILES string of the molecule is C[n+]1c2cc(NC(=O)Nc3ccc(CC#N)cc3)ccc2cc2ccc(NC(=O)Nc3ccc(CC#N)cc3)cc21. The van der Waals surface area contributed by atoms with Gasteiger partial charge in [0.15, 0.2) is 0 Å². The van der Waals surface area contributed by atoms with Crippen LogP contribution in [-0.2, 0) is 19.9 Å². The molecule has 0 fully saturated rings. The van der Waals surface area contributed by atoms with Gasteiger partial charge in [-0.2, -0.15) is 15.1 Å². The van der Waals surface area contributed by atoms with E-state index < -0.39 is 0 Å². The van der Waals surface area contributed by atoms with Crippen LogP contribution >= 0.6 is 0 Å². The first kappa shape index (κ1) is 26.7. The number of hydrogen-bond acceptors (Lipinski definition) is 4. The van der Waals surface area contributed by atoms with Gasteiger partial charge >= 0.3 is 12.1 Å². The van der Waals surface area contributed by atoms with Gasteiger partial charge in [0.25, 0.3) is 0 Å². The van der Waals surface area contributed by atoms with Crippen molar-refractivity contribution in [3.8, 4) is 12.1 Å². The van der Waals surface area contributed by atoms with Gasteiger partial charge in [-0.15, -0.1) is 0 Å². The van der Waals surface area contributed by atoms with Crippen LogP contribution < -0.4 is 25.8 Å². The van der Waals surface area contributed by atoms with Gasteiger partial charge in [-0.05, 0) is 65.7 Å². The van der Waals surface area contributed by atoms with Crippen molar-refractivity contribution in [2.75, 3.05) is 21.3 Å². The number of carbonyl (C=O) groups is 2. The maximum absolute atomic E-state index is 12.6. The molecule has 1 aromatic heterocycles. The molecule has 9 nitrogen and oxygen atoms in total. The number of nitriles is 2. The minimum absolute atomic E-state index is 0.319. The number of urea groups is 2. The number of nitrogens with one attached hydrogen (secondary N) is 4. The molecule has 0 radical (unpaired) electrons. The second-order valence-corrected chi connectivity index (χ2v) is 9.47. The fourth-order valence-electron chi connectivity index (χ4n) is 4.55. The van der Waals surface area contributed by atoms with Crippen molar-refractivity contribution in [3.05, 3.63) is 102 Å². The van der Waals surface area contributed by atoms with Gasteiger partial charge in [0, 0.05) is 45.7 Å². The zero-order valence-electron chi connectivity index (χ0n) is 22.2. The molecule has 0 unspecified atom stereocenters. The molecule has 1 heterocycles. The summed E-state index contributed by atoms with van der Waals surface area (Å²) in [5, 5.41) is 31.0. The molecule has 0 saturated carbocycles. The number of nitrogens with zero attached hydrogens (tertiary/aromatic N) is 3. The van der Waals surface area contributed by atoms with Crippen LogP contribution in [0.15, 0.2) is 91.0 Å². The molecule has 9 heteroatoms. The van der Waals surface area contributed by atoms with Gasteiger partial charge in [0.2, 0.25) is 11.0 Å². The van der Waals surface area contributed by atoms with Crippen molar-refractivity contribution < 1.29 is 14.2 Å². The van der Waals surface area contributed by atoms with Crippen LogP contribution in [0.3, 0.4) is 0 Å². The van der Waals surface area contributed by atoms with E-state index in [-0.39, 0.29) is 12.1 Å². The Bertz CT molecular complexity index is 1720. The maximum Gasteiger partial charge on any atom is 0.323 e. The van der Waals surface area contributed by atoms with Crippen LogP contribution in [-0.4, -0.2) is 12.1 Å². The van der Waals surface area contributed by atoms with Gasteiger partial charge in [-0.25, -0.2) is 9.59 Å². The molecule has 0 aliphatic heterocycles. The van der Waals surface area contributed by atoms with Crippen LogP contribution in [0.2, 0.25) is 0 Å². The van der Waals surface area contributed by atoms with Crippen LogP contribution in [0, 0.1) is 22.7 Å². The second-order valence-electron chi connectivity index (χ2n) is 9.47. The predicted molar refractivity (Wildman–Crippen MR) is 159 cm³/mol. The summed E-state index contributed by atoms with van der Waals surface area (Å²) in [7, 11) is 1.93. The number of hydrogen-bond donors (Lipinski definition) is 4. The maximum atomic E-state index is 12.6. The van der Waals surface area contributed by atoms with Crippen LogP contribution in [0.5, 0.6) is 0 Å². The van der Waals surface area contributed by atoms with Gasteiger partial charge in [-0.1, -0.05) is 24.3 Å². The topological polar surface area (TPSA) is 134 Å². The highest BCUT2D eigenvalue weighted by atomic mass is 16.2. The van der Waals surface area contributed by atoms with Crippen molar-refractivity contribution in [2.45, 2.75) is 12.8 Å². The number of anilines is 4. The molecule has 5 aromatic rings. The molecule has 4 amide bonds. The number of amides is 4. The van der Waals surface area contributed by atoms with E-state index in [9.17, 15) is 9.59 Å². The van der Waals surface area contributed by atoms with Crippen molar-refractivity contribution >= 4 is 56.6 Å². The standard InChI is InChI=1S/C32H25N7O2/c1-39-29-19-27(37-31(40)35-25-8-2-21(3-9-25)14-16-33)12-6-23(29)18-24-7-13-28(20-30(24)39)38-32(41)36-26-10-4-22(5-11-26)15-17-34/h2-13,18-20H,14-15H2,1H3,(H3,35,36,37,38,40,41)/p+1. The van der Waals surface area contributed by atoms with E-state index in [0.29, 0.717) is 35.6 Å². The van der Waals surface area contributed by atoms with Gasteiger partial charge < -0.3 is 21.3 Å². The van der Waals surface area contributed by atoms with E-state index in [4.69, 9.17) is 10.5 Å². The zero-order chi connectivity index (χ0) is 28.8. The number of fused-ring (bicyclic) bond motifs is 2. The number of aryl methyl sites for hydroxylation is 1. The van der Waals surface area contributed by atoms with E-state index in [1.807, 2.05) is 72.3 Å². The molecule has 0 aliphatic rings. The van der Waals surface area contributed by atoms with Crippen molar-refractivity contribution in [3.63, 3.8) is 0 Å². The van der Waals surface area contributed by atoms with E-state index in [2.05, 4.69) is 39.5 Å². The summed E-state index contributed by atoms with van der Waals surface area (Å²) >= 11 is 0. The van der Waals surface area contributed by atoms with Crippen LogP contribution in [0.4, 0.5) is 32.3 Å². The van der Waals surface area contributed by atoms with Crippen molar-refractivity contribution in [1.29, 1.82) is 10.5 Å². The predicted octanol–water partition coefficient (Wildman–Crippen LogP) is 6.24. The van der Waals surface area contributed by atoms with Gasteiger partial charge in [0.1, 0.15) is 7.05 Å². The van der Waals surface area contributed by atoms with E-state index >= 15 is 0 Å². The molecule has 4 N–H and O–H groups in total. The molecule has 41 heavy (non-hydrogen) atoms. The lowest BCUT2D eigenvalue weighted by Gasteiger charge is -2.10. The summed E-state index contributed by atoms with van der Waals surface area (Å²) in [5.41, 5.74) is 6.07. The molecule has 0 bridgehead atoms. The Morgan fingerprint density at radius 3 is 1.34 bits per heavy atom. The molecule has 0 aliphatic carbocycles. The molecule has 4 aromatic carbocycles. The summed E-state index contributed by atoms with van der Waals surface area (Å²) in [5.74, 6) is 0. The van der Waals surface area contributed by atoms with Crippen molar-refractivity contribution in [2.24, 2.45) is 7.05 Å². The zero-order valence-corrected chi connectivity index (χ0v) is 22.2. The average molecular weight is 541 g/mol. The first-order valence-corrected chi connectivity index (χ1v) is 12.9. The third kappa shape index (κ3) is 6.39. The largest absolute Gasteiger partial charge is 0.323 e. The number of pyridine rings is 1. The number of rotatable bonds is 6. The Morgan fingerprint density at radius 2 is 0.951 bits per heavy atom. The van der Waals surface area contributed by atoms with Crippen LogP contribution in [0.25, 0.3) is 21.8 Å². The quantitative estimate of drug-likeness (QED) is 0.150. The minimum Gasteiger partial charge on any atom is -0.308 e. The molecule has 0 spiro atoms. The average Bonchev–Trinajstić information content (AvgIpc) is 2.96. The monoisotopic (exact) mass is 540 g/mol. The third-order valence-electron chi connectivity index (χ3n) is 6.60. The number of benzene rings is 4. The highest BCUT2D eigenvalue weighted by Gasteiger charge is 2.15. The Hall–Kier alpha value is -5.93. The first-order valence-electron chi connectivity index (χ1n) is 12.9. The summed E-state index contributed by atoms with van der Waals surface area (Å²) in [6.45, 7) is 0. The molecular formula is C32H26N7O2+. The van der Waals surface area contributed by atoms with Gasteiger partial charge in [-0.3, -0.25) is 0 Å². The second kappa shape index (κ2) is 11.9. The van der Waals surface area contributed by atoms with Gasteiger partial charge in [0.05, 0.1) is 25.0 Å². The highest BCUT2D eigenvalue weighted by Crippen LogP contribution is 2.24. The normalized spacial score (nSPS) is 10.4. The van der Waals surface area contributed by atoms with E-state index in [0.717, 1.165) is 32.9 Å². The summed E-state index contributed by atoms with van der Waals surface area (Å²) < 4.78 is 2.01. The smallest absolute Gasteiger partial charge is 0.308 e. The first-order chi connectivity index (χ1) is 19.9. The molecular weight excluding hydrogens is 514 g/mol. The number of aromatic nitrogens is 1. The summed E-state index contributed by atoms with van der Waals surface area (Å²) in [6.07, 6.45) is 0.638. The molecule has 200 valence electrons. The third-order valence-corrected chi connectivity index (χ3v) is 6.60. The van der Waals surface area contributed by atoms with E-state index in [1.165, 1.54) is 0 Å². The molecule has 0 saturated heterocycles. The fourth-order valence-corrected chi connectivity index (χ4v) is 4.55. The lowest BCUT2D eigenvalue weighted by molar-refractivity contribution is -0.617. The summed E-state index contributed by atoms with van der Waals surface area (Å²) in [4.78, 5) is 25.2. The van der Waals surface area contributed by atoms with Crippen LogP contribution in [0.1, 0.15) is 11.1 Å². The fraction of sp³-hybridized carbons (Fsp3) is 0.0938. The summed E-state index contributed by atoms with van der Waals surface area (Å²) in [6, 6.07) is 31.2. The molecule has 5 rings (SSSR count). The Balaban J connectivity index is 1.30. The lowest BCUT2D eigenvalue weighted by Crippen LogP contribution is -2.30. The lowest BCUT2D eigenvalue weighted by atomic mass is 10.1. The Labute approximate surface area is 236 Å².